The number of para-hydroxylation sites is 1. The lowest BCUT2D eigenvalue weighted by atomic mass is 10.2. The predicted octanol–water partition coefficient (Wildman–Crippen LogP) is 2.93. The van der Waals surface area contributed by atoms with Crippen molar-refractivity contribution in [3.63, 3.8) is 0 Å². The van der Waals surface area contributed by atoms with Crippen molar-refractivity contribution < 1.29 is 4.74 Å². The van der Waals surface area contributed by atoms with Crippen molar-refractivity contribution in [2.24, 2.45) is 0 Å². The van der Waals surface area contributed by atoms with Crippen LogP contribution in [0, 0.1) is 6.92 Å². The monoisotopic (exact) mass is 271 g/mol. The summed E-state index contributed by atoms with van der Waals surface area (Å²) in [6.07, 6.45) is 4.32. The summed E-state index contributed by atoms with van der Waals surface area (Å²) in [6.45, 7) is 4.84. The second-order valence-corrected chi connectivity index (χ2v) is 5.31. The van der Waals surface area contributed by atoms with Gasteiger partial charge >= 0.3 is 0 Å². The Hall–Kier alpha value is -1.81. The molecule has 0 aliphatic carbocycles. The van der Waals surface area contributed by atoms with Crippen LogP contribution >= 0.6 is 0 Å². The standard InChI is InChI=1S/C16H21N3O/c1-13-12-17-16(18-13)15-8-5-9-19(15)10-11-20-14-6-3-2-4-7-14/h2-4,6-7,12,15H,5,8-11H2,1H3,(H,17,18)/t15-/m1/s1. The second kappa shape index (κ2) is 6.09. The Balaban J connectivity index is 1.54. The molecule has 4 heteroatoms. The van der Waals surface area contributed by atoms with Crippen LogP contribution in [0.5, 0.6) is 5.75 Å². The van der Waals surface area contributed by atoms with Gasteiger partial charge < -0.3 is 9.72 Å². The molecule has 1 aliphatic rings. The smallest absolute Gasteiger partial charge is 0.123 e. The average Bonchev–Trinajstić information content (AvgIpc) is 3.09. The molecule has 1 atom stereocenters. The number of likely N-dealkylation sites (tertiary alicyclic amines) is 1. The number of H-pyrrole nitrogens is 1. The fourth-order valence-electron chi connectivity index (χ4n) is 2.80. The molecule has 20 heavy (non-hydrogen) atoms. The van der Waals surface area contributed by atoms with E-state index in [-0.39, 0.29) is 0 Å². The highest BCUT2D eigenvalue weighted by molar-refractivity contribution is 5.20. The summed E-state index contributed by atoms with van der Waals surface area (Å²) in [5.41, 5.74) is 1.13. The molecule has 106 valence electrons. The lowest BCUT2D eigenvalue weighted by Gasteiger charge is -2.22. The van der Waals surface area contributed by atoms with Crippen LogP contribution in [0.15, 0.2) is 36.5 Å². The van der Waals surface area contributed by atoms with Gasteiger partial charge in [0, 0.05) is 18.4 Å². The third kappa shape index (κ3) is 3.02. The molecule has 1 aliphatic heterocycles. The summed E-state index contributed by atoms with van der Waals surface area (Å²) in [4.78, 5) is 10.3. The van der Waals surface area contributed by atoms with Crippen LogP contribution in [0.2, 0.25) is 0 Å². The molecule has 1 saturated heterocycles. The zero-order valence-electron chi connectivity index (χ0n) is 11.9. The molecule has 0 unspecified atom stereocenters. The van der Waals surface area contributed by atoms with Gasteiger partial charge in [0.05, 0.1) is 6.04 Å². The van der Waals surface area contributed by atoms with Crippen LogP contribution in [0.25, 0.3) is 0 Å². The van der Waals surface area contributed by atoms with Crippen LogP contribution in [0.1, 0.15) is 30.4 Å². The second-order valence-electron chi connectivity index (χ2n) is 5.31. The van der Waals surface area contributed by atoms with E-state index < -0.39 is 0 Å². The van der Waals surface area contributed by atoms with Gasteiger partial charge in [0.1, 0.15) is 18.2 Å². The number of imidazole rings is 1. The minimum absolute atomic E-state index is 0.420. The Bertz CT molecular complexity index is 538. The summed E-state index contributed by atoms with van der Waals surface area (Å²) >= 11 is 0. The summed E-state index contributed by atoms with van der Waals surface area (Å²) in [5.74, 6) is 2.04. The first-order valence-electron chi connectivity index (χ1n) is 7.26. The van der Waals surface area contributed by atoms with Gasteiger partial charge in [-0.25, -0.2) is 4.98 Å². The number of nitrogens with zero attached hydrogens (tertiary/aromatic N) is 2. The summed E-state index contributed by atoms with van der Waals surface area (Å²) in [7, 11) is 0. The van der Waals surface area contributed by atoms with Crippen LogP contribution < -0.4 is 4.74 Å². The first-order chi connectivity index (χ1) is 9.83. The molecule has 0 amide bonds. The van der Waals surface area contributed by atoms with Crippen LogP contribution in [0.3, 0.4) is 0 Å². The Kier molecular flexibility index (Phi) is 4.02. The van der Waals surface area contributed by atoms with Gasteiger partial charge in [-0.1, -0.05) is 18.2 Å². The van der Waals surface area contributed by atoms with Crippen molar-refractivity contribution in [2.75, 3.05) is 19.7 Å². The Morgan fingerprint density at radius 2 is 2.20 bits per heavy atom. The Morgan fingerprint density at radius 3 is 2.95 bits per heavy atom. The van der Waals surface area contributed by atoms with Crippen LogP contribution in [-0.2, 0) is 0 Å². The highest BCUT2D eigenvalue weighted by atomic mass is 16.5. The van der Waals surface area contributed by atoms with E-state index in [9.17, 15) is 0 Å². The number of aromatic amines is 1. The summed E-state index contributed by atoms with van der Waals surface area (Å²) < 4.78 is 5.79. The quantitative estimate of drug-likeness (QED) is 0.909. The van der Waals surface area contributed by atoms with E-state index >= 15 is 0 Å². The van der Waals surface area contributed by atoms with Crippen molar-refractivity contribution in [1.29, 1.82) is 0 Å². The summed E-state index contributed by atoms with van der Waals surface area (Å²) in [5, 5.41) is 0. The van der Waals surface area contributed by atoms with Crippen LogP contribution in [0.4, 0.5) is 0 Å². The van der Waals surface area contributed by atoms with Gasteiger partial charge in [-0.15, -0.1) is 0 Å². The zero-order chi connectivity index (χ0) is 13.8. The number of nitrogens with one attached hydrogen (secondary N) is 1. The fraction of sp³-hybridized carbons (Fsp3) is 0.438. The third-order valence-electron chi connectivity index (χ3n) is 3.79. The molecular weight excluding hydrogens is 250 g/mol. The maximum atomic E-state index is 5.79. The highest BCUT2D eigenvalue weighted by Crippen LogP contribution is 2.29. The summed E-state index contributed by atoms with van der Waals surface area (Å²) in [6, 6.07) is 10.4. The predicted molar refractivity (Wildman–Crippen MR) is 78.8 cm³/mol. The normalized spacial score (nSPS) is 19.4. The molecule has 0 bridgehead atoms. The van der Waals surface area contributed by atoms with E-state index in [1.807, 2.05) is 43.5 Å². The number of benzene rings is 1. The molecule has 4 nitrogen and oxygen atoms in total. The lowest BCUT2D eigenvalue weighted by Crippen LogP contribution is -2.28. The van der Waals surface area contributed by atoms with E-state index in [2.05, 4.69) is 14.9 Å². The van der Waals surface area contributed by atoms with E-state index in [4.69, 9.17) is 4.74 Å². The van der Waals surface area contributed by atoms with Crippen molar-refractivity contribution in [3.8, 4) is 5.75 Å². The molecule has 0 saturated carbocycles. The topological polar surface area (TPSA) is 41.2 Å². The minimum atomic E-state index is 0.420. The molecule has 1 N–H and O–H groups in total. The molecule has 1 aromatic carbocycles. The number of rotatable bonds is 5. The Morgan fingerprint density at radius 1 is 1.35 bits per heavy atom. The average molecular weight is 271 g/mol. The minimum Gasteiger partial charge on any atom is -0.492 e. The van der Waals surface area contributed by atoms with Crippen molar-refractivity contribution >= 4 is 0 Å². The molecule has 1 aromatic heterocycles. The van der Waals surface area contributed by atoms with Crippen molar-refractivity contribution in [3.05, 3.63) is 48.0 Å². The number of aryl methyl sites for hydroxylation is 1. The zero-order valence-corrected chi connectivity index (χ0v) is 11.9. The first-order valence-corrected chi connectivity index (χ1v) is 7.26. The van der Waals surface area contributed by atoms with Gasteiger partial charge in [0.25, 0.3) is 0 Å². The van der Waals surface area contributed by atoms with Crippen molar-refractivity contribution in [1.82, 2.24) is 14.9 Å². The third-order valence-corrected chi connectivity index (χ3v) is 3.79. The lowest BCUT2D eigenvalue weighted by molar-refractivity contribution is 0.193. The van der Waals surface area contributed by atoms with E-state index in [0.717, 1.165) is 37.0 Å². The molecular formula is C16H21N3O. The van der Waals surface area contributed by atoms with E-state index in [1.165, 1.54) is 12.8 Å². The molecule has 0 radical (unpaired) electrons. The van der Waals surface area contributed by atoms with Gasteiger partial charge in [0.2, 0.25) is 0 Å². The number of ether oxygens (including phenoxy) is 1. The fourth-order valence-corrected chi connectivity index (χ4v) is 2.80. The van der Waals surface area contributed by atoms with Gasteiger partial charge in [0.15, 0.2) is 0 Å². The van der Waals surface area contributed by atoms with Crippen molar-refractivity contribution in [2.45, 2.75) is 25.8 Å². The molecule has 2 heterocycles. The van der Waals surface area contributed by atoms with E-state index in [0.29, 0.717) is 6.04 Å². The number of hydrogen-bond donors (Lipinski definition) is 1. The van der Waals surface area contributed by atoms with Gasteiger partial charge in [-0.05, 0) is 38.4 Å². The molecule has 0 spiro atoms. The van der Waals surface area contributed by atoms with Crippen LogP contribution in [-0.4, -0.2) is 34.6 Å². The highest BCUT2D eigenvalue weighted by Gasteiger charge is 2.27. The SMILES string of the molecule is Cc1cnc([C@H]2CCCN2CCOc2ccccc2)[nH]1. The first kappa shape index (κ1) is 13.2. The maximum absolute atomic E-state index is 5.79. The molecule has 2 aromatic rings. The van der Waals surface area contributed by atoms with Gasteiger partial charge in [-0.2, -0.15) is 0 Å². The van der Waals surface area contributed by atoms with Gasteiger partial charge in [-0.3, -0.25) is 4.90 Å². The Labute approximate surface area is 119 Å². The maximum Gasteiger partial charge on any atom is 0.123 e. The largest absolute Gasteiger partial charge is 0.492 e. The molecule has 1 fully saturated rings. The van der Waals surface area contributed by atoms with E-state index in [1.54, 1.807) is 0 Å². The number of hydrogen-bond acceptors (Lipinski definition) is 3. The number of aromatic nitrogens is 2. The molecule has 3 rings (SSSR count).